The number of pyridine rings is 1. The highest BCUT2D eigenvalue weighted by atomic mass is 14.8. The second-order valence-corrected chi connectivity index (χ2v) is 4.37. The summed E-state index contributed by atoms with van der Waals surface area (Å²) in [7, 11) is 1.97. The highest BCUT2D eigenvalue weighted by Gasteiger charge is 2.05. The molecule has 0 aliphatic carbocycles. The Morgan fingerprint density at radius 3 is 2.53 bits per heavy atom. The third-order valence-electron chi connectivity index (χ3n) is 3.00. The maximum Gasteiger partial charge on any atom is 0.0349 e. The van der Waals surface area contributed by atoms with Crippen molar-refractivity contribution in [3.63, 3.8) is 0 Å². The molecule has 1 aromatic carbocycles. The molecular weight excluding hydrogens is 208 g/mol. The van der Waals surface area contributed by atoms with Crippen LogP contribution in [0.1, 0.15) is 16.7 Å². The first-order valence-corrected chi connectivity index (χ1v) is 5.87. The fourth-order valence-corrected chi connectivity index (χ4v) is 2.09. The van der Waals surface area contributed by atoms with Crippen LogP contribution in [0.15, 0.2) is 36.7 Å². The normalized spacial score (nSPS) is 10.5. The van der Waals surface area contributed by atoms with Gasteiger partial charge in [0.2, 0.25) is 0 Å². The summed E-state index contributed by atoms with van der Waals surface area (Å²) in [6, 6.07) is 8.64. The van der Waals surface area contributed by atoms with Crippen molar-refractivity contribution in [1.29, 1.82) is 0 Å². The zero-order valence-electron chi connectivity index (χ0n) is 10.6. The molecule has 0 amide bonds. The van der Waals surface area contributed by atoms with Crippen molar-refractivity contribution < 1.29 is 0 Å². The number of nitrogens with one attached hydrogen (secondary N) is 1. The molecule has 0 saturated heterocycles. The number of benzene rings is 1. The molecule has 1 aromatic heterocycles. The maximum absolute atomic E-state index is 4.21. The summed E-state index contributed by atoms with van der Waals surface area (Å²) >= 11 is 0. The monoisotopic (exact) mass is 226 g/mol. The predicted octanol–water partition coefficient (Wildman–Crippen LogP) is 3.08. The summed E-state index contributed by atoms with van der Waals surface area (Å²) in [6.45, 7) is 5.19. The van der Waals surface area contributed by atoms with E-state index in [1.807, 2.05) is 19.4 Å². The average Bonchev–Trinajstić information content (AvgIpc) is 2.31. The molecule has 0 aliphatic rings. The number of aryl methyl sites for hydroxylation is 2. The summed E-state index contributed by atoms with van der Waals surface area (Å²) in [5.41, 5.74) is 6.38. The van der Waals surface area contributed by atoms with E-state index in [0.717, 1.165) is 6.54 Å². The highest BCUT2D eigenvalue weighted by Crippen LogP contribution is 2.26. The Labute approximate surface area is 103 Å². The third-order valence-corrected chi connectivity index (χ3v) is 3.00. The first-order valence-electron chi connectivity index (χ1n) is 5.87. The average molecular weight is 226 g/mol. The van der Waals surface area contributed by atoms with E-state index in [9.17, 15) is 0 Å². The van der Waals surface area contributed by atoms with E-state index in [1.54, 1.807) is 0 Å². The van der Waals surface area contributed by atoms with Crippen molar-refractivity contribution in [2.24, 2.45) is 0 Å². The largest absolute Gasteiger partial charge is 0.316 e. The molecule has 0 radical (unpaired) electrons. The van der Waals surface area contributed by atoms with Gasteiger partial charge in [-0.15, -0.1) is 0 Å². The first kappa shape index (κ1) is 11.8. The van der Waals surface area contributed by atoms with Crippen LogP contribution in [-0.2, 0) is 6.54 Å². The van der Waals surface area contributed by atoms with E-state index >= 15 is 0 Å². The lowest BCUT2D eigenvalue weighted by Gasteiger charge is -2.10. The molecule has 2 nitrogen and oxygen atoms in total. The van der Waals surface area contributed by atoms with E-state index in [1.165, 1.54) is 27.8 Å². The van der Waals surface area contributed by atoms with Gasteiger partial charge in [-0.2, -0.15) is 0 Å². The van der Waals surface area contributed by atoms with E-state index in [2.05, 4.69) is 48.4 Å². The number of hydrogen-bond acceptors (Lipinski definition) is 2. The fraction of sp³-hybridized carbons (Fsp3) is 0.267. The van der Waals surface area contributed by atoms with Crippen LogP contribution in [0.5, 0.6) is 0 Å². The van der Waals surface area contributed by atoms with E-state index in [-0.39, 0.29) is 0 Å². The quantitative estimate of drug-likeness (QED) is 0.870. The molecule has 0 bridgehead atoms. The molecule has 0 aliphatic heterocycles. The summed E-state index contributed by atoms with van der Waals surface area (Å²) in [6.07, 6.45) is 3.78. The lowest BCUT2D eigenvalue weighted by Crippen LogP contribution is -2.05. The summed E-state index contributed by atoms with van der Waals surface area (Å²) in [4.78, 5) is 4.21. The smallest absolute Gasteiger partial charge is 0.0349 e. The zero-order valence-corrected chi connectivity index (χ0v) is 10.6. The van der Waals surface area contributed by atoms with Gasteiger partial charge >= 0.3 is 0 Å². The van der Waals surface area contributed by atoms with Crippen LogP contribution in [0.2, 0.25) is 0 Å². The van der Waals surface area contributed by atoms with Crippen LogP contribution < -0.4 is 5.32 Å². The summed E-state index contributed by atoms with van der Waals surface area (Å²) < 4.78 is 0. The van der Waals surface area contributed by atoms with E-state index in [0.29, 0.717) is 0 Å². The van der Waals surface area contributed by atoms with Crippen LogP contribution in [0.4, 0.5) is 0 Å². The van der Waals surface area contributed by atoms with Crippen molar-refractivity contribution >= 4 is 0 Å². The molecule has 1 N–H and O–H groups in total. The van der Waals surface area contributed by atoms with Crippen molar-refractivity contribution in [3.8, 4) is 11.1 Å². The molecule has 0 atom stereocenters. The summed E-state index contributed by atoms with van der Waals surface area (Å²) in [5.74, 6) is 0. The Hall–Kier alpha value is -1.67. The lowest BCUT2D eigenvalue weighted by molar-refractivity contribution is 0.817. The van der Waals surface area contributed by atoms with Gasteiger partial charge in [0.25, 0.3) is 0 Å². The van der Waals surface area contributed by atoms with Crippen molar-refractivity contribution in [3.05, 3.63) is 53.3 Å². The lowest BCUT2D eigenvalue weighted by atomic mass is 9.97. The number of hydrogen-bond donors (Lipinski definition) is 1. The van der Waals surface area contributed by atoms with Gasteiger partial charge in [0.1, 0.15) is 0 Å². The van der Waals surface area contributed by atoms with Crippen LogP contribution in [0.3, 0.4) is 0 Å². The standard InChI is InChI=1S/C15H18N2/c1-11-6-7-17-10-15(11)14-5-4-13(9-16-3)8-12(14)2/h4-8,10,16H,9H2,1-3H3. The number of aromatic nitrogens is 1. The Kier molecular flexibility index (Phi) is 3.55. The number of nitrogens with zero attached hydrogens (tertiary/aromatic N) is 1. The van der Waals surface area contributed by atoms with Crippen molar-refractivity contribution in [2.45, 2.75) is 20.4 Å². The molecule has 1 heterocycles. The Morgan fingerprint density at radius 1 is 1.06 bits per heavy atom. The van der Waals surface area contributed by atoms with Gasteiger partial charge in [0.15, 0.2) is 0 Å². The molecule has 0 unspecified atom stereocenters. The maximum atomic E-state index is 4.21. The minimum Gasteiger partial charge on any atom is -0.316 e. The molecule has 0 fully saturated rings. The molecule has 17 heavy (non-hydrogen) atoms. The van der Waals surface area contributed by atoms with Gasteiger partial charge in [-0.3, -0.25) is 4.98 Å². The third kappa shape index (κ3) is 2.53. The van der Waals surface area contributed by atoms with Crippen LogP contribution in [-0.4, -0.2) is 12.0 Å². The van der Waals surface area contributed by atoms with E-state index in [4.69, 9.17) is 0 Å². The second-order valence-electron chi connectivity index (χ2n) is 4.37. The molecular formula is C15H18N2. The van der Waals surface area contributed by atoms with Gasteiger partial charge < -0.3 is 5.32 Å². The van der Waals surface area contributed by atoms with Crippen LogP contribution in [0, 0.1) is 13.8 Å². The van der Waals surface area contributed by atoms with Gasteiger partial charge in [-0.25, -0.2) is 0 Å². The molecule has 88 valence electrons. The minimum atomic E-state index is 0.910. The van der Waals surface area contributed by atoms with Gasteiger partial charge in [-0.1, -0.05) is 18.2 Å². The second kappa shape index (κ2) is 5.11. The SMILES string of the molecule is CNCc1ccc(-c2cnccc2C)c(C)c1. The predicted molar refractivity (Wildman–Crippen MR) is 71.9 cm³/mol. The Balaban J connectivity index is 2.44. The molecule has 0 spiro atoms. The summed E-state index contributed by atoms with van der Waals surface area (Å²) in [5, 5.41) is 3.17. The highest BCUT2D eigenvalue weighted by molar-refractivity contribution is 5.69. The fourth-order valence-electron chi connectivity index (χ4n) is 2.09. The first-order chi connectivity index (χ1) is 8.22. The molecule has 0 saturated carbocycles. The molecule has 2 rings (SSSR count). The van der Waals surface area contributed by atoms with Crippen molar-refractivity contribution in [1.82, 2.24) is 10.3 Å². The van der Waals surface area contributed by atoms with E-state index < -0.39 is 0 Å². The zero-order chi connectivity index (χ0) is 12.3. The van der Waals surface area contributed by atoms with Gasteiger partial charge in [0, 0.05) is 24.5 Å². The number of rotatable bonds is 3. The van der Waals surface area contributed by atoms with Gasteiger partial charge in [-0.05, 0) is 49.2 Å². The van der Waals surface area contributed by atoms with Crippen LogP contribution in [0.25, 0.3) is 11.1 Å². The van der Waals surface area contributed by atoms with Crippen molar-refractivity contribution in [2.75, 3.05) is 7.05 Å². The Morgan fingerprint density at radius 2 is 1.88 bits per heavy atom. The molecule has 2 aromatic rings. The van der Waals surface area contributed by atoms with Crippen LogP contribution >= 0.6 is 0 Å². The topological polar surface area (TPSA) is 24.9 Å². The minimum absolute atomic E-state index is 0.910. The Bertz CT molecular complexity index is 518. The van der Waals surface area contributed by atoms with Gasteiger partial charge in [0.05, 0.1) is 0 Å². The molecule has 2 heteroatoms.